The third kappa shape index (κ3) is 2.93. The molecule has 0 saturated carbocycles. The zero-order valence-electron chi connectivity index (χ0n) is 18.2. The highest BCUT2D eigenvalue weighted by molar-refractivity contribution is 6.14. The van der Waals surface area contributed by atoms with Gasteiger partial charge in [0.1, 0.15) is 5.69 Å². The Morgan fingerprint density at radius 1 is 0.471 bits per heavy atom. The lowest BCUT2D eigenvalue weighted by atomic mass is 9.95. The Morgan fingerprint density at radius 3 is 1.88 bits per heavy atom. The Morgan fingerprint density at radius 2 is 1.12 bits per heavy atom. The smallest absolute Gasteiger partial charge is 0.107 e. The van der Waals surface area contributed by atoms with Gasteiger partial charge >= 0.3 is 0 Å². The number of rotatable bonds is 2. The third-order valence-electron chi connectivity index (χ3n) is 6.39. The van der Waals surface area contributed by atoms with E-state index >= 15 is 0 Å². The molecule has 0 aliphatic carbocycles. The quantitative estimate of drug-likeness (QED) is 0.270. The highest BCUT2D eigenvalue weighted by Crippen LogP contribution is 2.35. The first-order valence-corrected chi connectivity index (χ1v) is 11.2. The molecule has 0 radical (unpaired) electrons. The zero-order valence-corrected chi connectivity index (χ0v) is 18.2. The van der Waals surface area contributed by atoms with Crippen molar-refractivity contribution in [3.05, 3.63) is 110 Å². The molecule has 4 aromatic carbocycles. The lowest BCUT2D eigenvalue weighted by Crippen LogP contribution is -1.93. The first-order valence-electron chi connectivity index (χ1n) is 11.2. The molecule has 0 unspecified atom stereocenters. The van der Waals surface area contributed by atoms with Crippen LogP contribution < -0.4 is 0 Å². The first-order chi connectivity index (χ1) is 16.8. The monoisotopic (exact) mass is 434 g/mol. The van der Waals surface area contributed by atoms with Crippen LogP contribution in [-0.4, -0.2) is 19.9 Å². The van der Waals surface area contributed by atoms with Crippen molar-refractivity contribution in [2.24, 2.45) is 0 Å². The minimum absolute atomic E-state index is 0.748. The Hall–Kier alpha value is -4.70. The van der Waals surface area contributed by atoms with Gasteiger partial charge in [-0.15, -0.1) is 0 Å². The topological polar surface area (TPSA) is 51.6 Å². The third-order valence-corrected chi connectivity index (χ3v) is 6.39. The SMILES string of the molecule is c1ccc2c(c1)cc(-c1ccc3ccc4ccc(-c5cnccn5)nc4c3n1)c1ccccc12. The van der Waals surface area contributed by atoms with Gasteiger partial charge in [0.15, 0.2) is 0 Å². The van der Waals surface area contributed by atoms with Crippen LogP contribution in [0.5, 0.6) is 0 Å². The fraction of sp³-hybridized carbons (Fsp3) is 0. The molecule has 0 bridgehead atoms. The molecule has 0 atom stereocenters. The number of hydrogen-bond acceptors (Lipinski definition) is 4. The Kier molecular flexibility index (Phi) is 4.11. The fourth-order valence-electron chi connectivity index (χ4n) is 4.76. The van der Waals surface area contributed by atoms with Crippen LogP contribution in [0.4, 0.5) is 0 Å². The van der Waals surface area contributed by atoms with Gasteiger partial charge in [0, 0.05) is 28.7 Å². The highest BCUT2D eigenvalue weighted by atomic mass is 14.8. The first kappa shape index (κ1) is 18.8. The summed E-state index contributed by atoms with van der Waals surface area (Å²) in [5.74, 6) is 0. The normalized spacial score (nSPS) is 11.5. The fourth-order valence-corrected chi connectivity index (χ4v) is 4.76. The molecule has 0 aliphatic rings. The van der Waals surface area contributed by atoms with Gasteiger partial charge in [0.25, 0.3) is 0 Å². The molecule has 0 amide bonds. The molecular formula is C30H18N4. The number of fused-ring (bicyclic) bond motifs is 6. The minimum atomic E-state index is 0.748. The van der Waals surface area contributed by atoms with Crippen LogP contribution in [0.1, 0.15) is 0 Å². The van der Waals surface area contributed by atoms with Gasteiger partial charge in [-0.3, -0.25) is 9.97 Å². The molecular weight excluding hydrogens is 416 g/mol. The summed E-state index contributed by atoms with van der Waals surface area (Å²) >= 11 is 0. The lowest BCUT2D eigenvalue weighted by molar-refractivity contribution is 1.19. The molecule has 0 aliphatic heterocycles. The van der Waals surface area contributed by atoms with Crippen molar-refractivity contribution >= 4 is 43.4 Å². The van der Waals surface area contributed by atoms with Gasteiger partial charge in [-0.25, -0.2) is 9.97 Å². The predicted molar refractivity (Wildman–Crippen MR) is 139 cm³/mol. The molecule has 3 aromatic heterocycles. The van der Waals surface area contributed by atoms with E-state index in [1.165, 1.54) is 21.5 Å². The molecule has 4 nitrogen and oxygen atoms in total. The van der Waals surface area contributed by atoms with Crippen molar-refractivity contribution in [3.8, 4) is 22.6 Å². The molecule has 0 N–H and O–H groups in total. The van der Waals surface area contributed by atoms with Crippen LogP contribution >= 0.6 is 0 Å². The Bertz CT molecular complexity index is 1860. The molecule has 0 fully saturated rings. The van der Waals surface area contributed by atoms with Gasteiger partial charge in [-0.1, -0.05) is 72.8 Å². The molecule has 0 saturated heterocycles. The van der Waals surface area contributed by atoms with Crippen molar-refractivity contribution in [2.45, 2.75) is 0 Å². The van der Waals surface area contributed by atoms with E-state index < -0.39 is 0 Å². The summed E-state index contributed by atoms with van der Waals surface area (Å²) in [6.07, 6.45) is 5.09. The number of benzene rings is 4. The van der Waals surface area contributed by atoms with Crippen molar-refractivity contribution in [3.63, 3.8) is 0 Å². The zero-order chi connectivity index (χ0) is 22.5. The number of nitrogens with zero attached hydrogens (tertiary/aromatic N) is 4. The van der Waals surface area contributed by atoms with Crippen molar-refractivity contribution in [2.75, 3.05) is 0 Å². The Balaban J connectivity index is 1.52. The average molecular weight is 435 g/mol. The van der Waals surface area contributed by atoms with Crippen LogP contribution in [0, 0.1) is 0 Å². The van der Waals surface area contributed by atoms with Crippen molar-refractivity contribution in [1.29, 1.82) is 0 Å². The maximum absolute atomic E-state index is 5.17. The van der Waals surface area contributed by atoms with E-state index in [2.05, 4.69) is 94.9 Å². The van der Waals surface area contributed by atoms with Gasteiger partial charge < -0.3 is 0 Å². The maximum atomic E-state index is 5.17. The van der Waals surface area contributed by atoms with E-state index in [1.54, 1.807) is 18.6 Å². The number of aromatic nitrogens is 4. The van der Waals surface area contributed by atoms with Crippen LogP contribution in [0.3, 0.4) is 0 Å². The molecule has 0 spiro atoms. The minimum Gasteiger partial charge on any atom is -0.261 e. The van der Waals surface area contributed by atoms with Crippen molar-refractivity contribution in [1.82, 2.24) is 19.9 Å². The Labute approximate surface area is 195 Å². The van der Waals surface area contributed by atoms with Crippen LogP contribution in [0.2, 0.25) is 0 Å². The van der Waals surface area contributed by atoms with E-state index in [4.69, 9.17) is 9.97 Å². The molecule has 3 heterocycles. The van der Waals surface area contributed by atoms with E-state index in [0.717, 1.165) is 44.5 Å². The van der Waals surface area contributed by atoms with Gasteiger partial charge in [0.05, 0.1) is 28.6 Å². The van der Waals surface area contributed by atoms with Gasteiger partial charge in [-0.2, -0.15) is 0 Å². The van der Waals surface area contributed by atoms with E-state index in [1.807, 2.05) is 6.07 Å². The van der Waals surface area contributed by atoms with Gasteiger partial charge in [0.2, 0.25) is 0 Å². The number of pyridine rings is 2. The highest BCUT2D eigenvalue weighted by Gasteiger charge is 2.12. The second-order valence-corrected chi connectivity index (χ2v) is 8.38. The van der Waals surface area contributed by atoms with E-state index in [-0.39, 0.29) is 0 Å². The summed E-state index contributed by atoms with van der Waals surface area (Å²) in [4.78, 5) is 18.7. The van der Waals surface area contributed by atoms with E-state index in [0.29, 0.717) is 0 Å². The second-order valence-electron chi connectivity index (χ2n) is 8.38. The summed E-state index contributed by atoms with van der Waals surface area (Å²) in [7, 11) is 0. The molecule has 158 valence electrons. The predicted octanol–water partition coefficient (Wildman–Crippen LogP) is 7.21. The molecule has 7 rings (SSSR count). The average Bonchev–Trinajstić information content (AvgIpc) is 2.92. The molecule has 7 aromatic rings. The number of hydrogen-bond donors (Lipinski definition) is 0. The van der Waals surface area contributed by atoms with Gasteiger partial charge in [-0.05, 0) is 39.7 Å². The summed E-state index contributed by atoms with van der Waals surface area (Å²) in [6, 6.07) is 31.8. The van der Waals surface area contributed by atoms with Crippen molar-refractivity contribution < 1.29 is 0 Å². The van der Waals surface area contributed by atoms with Crippen LogP contribution in [0.25, 0.3) is 66.0 Å². The summed E-state index contributed by atoms with van der Waals surface area (Å²) in [6.45, 7) is 0. The van der Waals surface area contributed by atoms with Crippen LogP contribution in [-0.2, 0) is 0 Å². The molecule has 4 heteroatoms. The second kappa shape index (κ2) is 7.42. The van der Waals surface area contributed by atoms with E-state index in [9.17, 15) is 0 Å². The molecule has 34 heavy (non-hydrogen) atoms. The standard InChI is InChI=1S/C30H18N4/c1-2-6-22-21(5-1)17-25(24-8-4-3-7-23(22)24)26-13-11-19-9-10-20-12-14-27(28-18-31-15-16-32-28)34-30(20)29(19)33-26/h1-18H. The summed E-state index contributed by atoms with van der Waals surface area (Å²) in [5, 5.41) is 7.00. The maximum Gasteiger partial charge on any atom is 0.107 e. The van der Waals surface area contributed by atoms with Crippen LogP contribution in [0.15, 0.2) is 110 Å². The largest absolute Gasteiger partial charge is 0.261 e. The lowest BCUT2D eigenvalue weighted by Gasteiger charge is -2.12. The summed E-state index contributed by atoms with van der Waals surface area (Å²) in [5.41, 5.74) is 5.35. The summed E-state index contributed by atoms with van der Waals surface area (Å²) < 4.78 is 0.